The predicted molar refractivity (Wildman–Crippen MR) is 138 cm³/mol. The first-order chi connectivity index (χ1) is 16.5. The van der Waals surface area contributed by atoms with Crippen molar-refractivity contribution in [2.75, 3.05) is 13.1 Å². The van der Waals surface area contributed by atoms with E-state index in [1.165, 1.54) is 0 Å². The molecule has 1 aliphatic heterocycles. The summed E-state index contributed by atoms with van der Waals surface area (Å²) >= 11 is 1.56. The molecular weight excluding hydrogens is 486 g/mol. The normalized spacial score (nSPS) is 14.5. The van der Waals surface area contributed by atoms with Gasteiger partial charge in [-0.2, -0.15) is 0 Å². The van der Waals surface area contributed by atoms with Gasteiger partial charge in [0.1, 0.15) is 18.1 Å². The van der Waals surface area contributed by atoms with Gasteiger partial charge >= 0.3 is 12.1 Å². The number of hydrogen-bond donors (Lipinski definition) is 1. The first-order valence-electron chi connectivity index (χ1n) is 11.2. The number of ether oxygens (including phenoxy) is 2. The number of rotatable bonds is 8. The number of carbonyl (C=O) groups excluding carboxylic acids is 1. The van der Waals surface area contributed by atoms with Crippen LogP contribution in [0.15, 0.2) is 89.8 Å². The smallest absolute Gasteiger partial charge is 0.410 e. The van der Waals surface area contributed by atoms with E-state index in [0.29, 0.717) is 25.9 Å². The Balaban J connectivity index is 0.00000342. The van der Waals surface area contributed by atoms with Gasteiger partial charge in [0.05, 0.1) is 6.42 Å². The second kappa shape index (κ2) is 12.5. The quantitative estimate of drug-likeness (QED) is 0.364. The second-order valence-corrected chi connectivity index (χ2v) is 9.81. The van der Waals surface area contributed by atoms with Crippen LogP contribution in [0.25, 0.3) is 0 Å². The van der Waals surface area contributed by atoms with Gasteiger partial charge in [0.15, 0.2) is 0 Å². The van der Waals surface area contributed by atoms with Crippen LogP contribution < -0.4 is 4.74 Å². The summed E-state index contributed by atoms with van der Waals surface area (Å²) in [5, 5.41) is 9.56. The van der Waals surface area contributed by atoms with Crippen molar-refractivity contribution in [3.8, 4) is 11.5 Å². The summed E-state index contributed by atoms with van der Waals surface area (Å²) in [7, 11) is 0. The summed E-state index contributed by atoms with van der Waals surface area (Å²) in [6.07, 6.45) is 0.826. The Morgan fingerprint density at radius 3 is 2.03 bits per heavy atom. The van der Waals surface area contributed by atoms with Gasteiger partial charge in [-0.15, -0.1) is 24.2 Å². The van der Waals surface area contributed by atoms with Gasteiger partial charge in [-0.3, -0.25) is 4.79 Å². The van der Waals surface area contributed by atoms with E-state index >= 15 is 0 Å². The zero-order chi connectivity index (χ0) is 23.8. The summed E-state index contributed by atoms with van der Waals surface area (Å²) in [6.45, 7) is 1.15. The molecule has 1 fully saturated rings. The van der Waals surface area contributed by atoms with Crippen LogP contribution in [0.1, 0.15) is 24.8 Å². The molecule has 184 valence electrons. The number of likely N-dealkylation sites (tertiary alicyclic amines) is 1. The third kappa shape index (κ3) is 7.67. The van der Waals surface area contributed by atoms with Crippen molar-refractivity contribution in [1.29, 1.82) is 0 Å². The fraction of sp³-hybridized carbons (Fsp3) is 0.259. The molecule has 4 rings (SSSR count). The fourth-order valence-electron chi connectivity index (χ4n) is 3.95. The molecule has 0 aliphatic carbocycles. The third-order valence-electron chi connectivity index (χ3n) is 5.75. The highest BCUT2D eigenvalue weighted by Crippen LogP contribution is 2.44. The van der Waals surface area contributed by atoms with Crippen LogP contribution >= 0.6 is 24.2 Å². The topological polar surface area (TPSA) is 76.1 Å². The van der Waals surface area contributed by atoms with Gasteiger partial charge in [0.25, 0.3) is 0 Å². The van der Waals surface area contributed by atoms with Crippen LogP contribution in [0.5, 0.6) is 11.5 Å². The lowest BCUT2D eigenvalue weighted by Crippen LogP contribution is -2.46. The molecule has 6 nitrogen and oxygen atoms in total. The number of carbonyl (C=O) groups is 2. The minimum atomic E-state index is -0.836. The zero-order valence-corrected chi connectivity index (χ0v) is 20.8. The maximum atomic E-state index is 12.5. The monoisotopic (exact) mass is 513 g/mol. The summed E-state index contributed by atoms with van der Waals surface area (Å²) in [5.41, 5.74) is 0.934. The maximum absolute atomic E-state index is 12.5. The lowest BCUT2D eigenvalue weighted by Gasteiger charge is -2.40. The average Bonchev–Trinajstić information content (AvgIpc) is 2.85. The van der Waals surface area contributed by atoms with Crippen molar-refractivity contribution < 1.29 is 24.2 Å². The van der Waals surface area contributed by atoms with Crippen LogP contribution in [0.2, 0.25) is 0 Å². The van der Waals surface area contributed by atoms with E-state index in [9.17, 15) is 14.7 Å². The minimum absolute atomic E-state index is 0. The number of piperidine rings is 1. The van der Waals surface area contributed by atoms with Crippen molar-refractivity contribution in [2.24, 2.45) is 0 Å². The molecule has 1 N–H and O–H groups in total. The molecule has 1 heterocycles. The molecular formula is C27H28ClNO5S. The number of carboxylic acids is 1. The van der Waals surface area contributed by atoms with Gasteiger partial charge in [0, 0.05) is 22.7 Å². The Bertz CT molecular complexity index is 1090. The number of aliphatic carboxylic acids is 1. The summed E-state index contributed by atoms with van der Waals surface area (Å²) < 4.78 is 10.8. The number of hydrogen-bond acceptors (Lipinski definition) is 5. The third-order valence-corrected chi connectivity index (χ3v) is 7.24. The number of para-hydroxylation sites is 1. The Morgan fingerprint density at radius 1 is 0.857 bits per heavy atom. The van der Waals surface area contributed by atoms with Gasteiger partial charge in [-0.1, -0.05) is 48.5 Å². The van der Waals surface area contributed by atoms with E-state index in [0.717, 1.165) is 22.0 Å². The summed E-state index contributed by atoms with van der Waals surface area (Å²) in [4.78, 5) is 26.8. The van der Waals surface area contributed by atoms with Crippen molar-refractivity contribution >= 4 is 36.2 Å². The first-order valence-corrected chi connectivity index (χ1v) is 12.0. The van der Waals surface area contributed by atoms with Crippen LogP contribution in [0.3, 0.4) is 0 Å². The molecule has 1 saturated heterocycles. The Hall–Kier alpha value is -3.16. The fourth-order valence-corrected chi connectivity index (χ4v) is 5.30. The van der Waals surface area contributed by atoms with Gasteiger partial charge in [0.2, 0.25) is 0 Å². The highest BCUT2D eigenvalue weighted by Gasteiger charge is 2.39. The Labute approximate surface area is 215 Å². The molecule has 0 radical (unpaired) electrons. The number of carboxylic acid groups (broad SMARTS) is 1. The van der Waals surface area contributed by atoms with E-state index in [-0.39, 0.29) is 31.5 Å². The van der Waals surface area contributed by atoms with Crippen LogP contribution in [-0.2, 0) is 16.1 Å². The van der Waals surface area contributed by atoms with Crippen molar-refractivity contribution in [1.82, 2.24) is 4.90 Å². The predicted octanol–water partition coefficient (Wildman–Crippen LogP) is 6.64. The Morgan fingerprint density at radius 2 is 1.43 bits per heavy atom. The standard InChI is InChI=1S/C27H27NO5S.ClH/c29-25(30)19-27(34-24-13-11-23(12-14-24)33-22-9-5-2-6-10-22)15-17-28(18-16-27)26(31)32-20-21-7-3-1-4-8-21;/h1-14H,15-20H2,(H,29,30);1H. The van der Waals surface area contributed by atoms with Crippen LogP contribution in [-0.4, -0.2) is 39.9 Å². The number of halogens is 1. The summed E-state index contributed by atoms with van der Waals surface area (Å²) in [5.74, 6) is 0.646. The average molecular weight is 514 g/mol. The van der Waals surface area contributed by atoms with E-state index in [4.69, 9.17) is 9.47 Å². The SMILES string of the molecule is Cl.O=C(O)CC1(Sc2ccc(Oc3ccccc3)cc2)CCN(C(=O)OCc2ccccc2)CC1. The van der Waals surface area contributed by atoms with Crippen molar-refractivity contribution in [2.45, 2.75) is 35.5 Å². The molecule has 3 aromatic rings. The van der Waals surface area contributed by atoms with Gasteiger partial charge < -0.3 is 19.5 Å². The molecule has 1 amide bonds. The minimum Gasteiger partial charge on any atom is -0.481 e. The van der Waals surface area contributed by atoms with Crippen molar-refractivity contribution in [3.05, 3.63) is 90.5 Å². The lowest BCUT2D eigenvalue weighted by molar-refractivity contribution is -0.137. The molecule has 0 atom stereocenters. The summed E-state index contributed by atoms with van der Waals surface area (Å²) in [6, 6.07) is 26.8. The zero-order valence-electron chi connectivity index (χ0n) is 19.2. The molecule has 0 aromatic heterocycles. The molecule has 3 aromatic carbocycles. The largest absolute Gasteiger partial charge is 0.481 e. The van der Waals surface area contributed by atoms with Gasteiger partial charge in [-0.25, -0.2) is 4.79 Å². The van der Waals surface area contributed by atoms with Gasteiger partial charge in [-0.05, 0) is 54.8 Å². The van der Waals surface area contributed by atoms with E-state index < -0.39 is 10.7 Å². The van der Waals surface area contributed by atoms with E-state index in [1.807, 2.05) is 84.9 Å². The Kier molecular flexibility index (Phi) is 9.46. The van der Waals surface area contributed by atoms with Crippen LogP contribution in [0.4, 0.5) is 4.79 Å². The van der Waals surface area contributed by atoms with E-state index in [2.05, 4.69) is 0 Å². The number of thioether (sulfide) groups is 1. The molecule has 0 bridgehead atoms. The molecule has 0 saturated carbocycles. The highest BCUT2D eigenvalue weighted by molar-refractivity contribution is 8.00. The van der Waals surface area contributed by atoms with E-state index in [1.54, 1.807) is 16.7 Å². The maximum Gasteiger partial charge on any atom is 0.410 e. The number of amides is 1. The second-order valence-electron chi connectivity index (χ2n) is 8.27. The lowest BCUT2D eigenvalue weighted by atomic mass is 9.92. The molecule has 8 heteroatoms. The van der Waals surface area contributed by atoms with Crippen molar-refractivity contribution in [3.63, 3.8) is 0 Å². The number of nitrogens with zero attached hydrogens (tertiary/aromatic N) is 1. The molecule has 1 aliphatic rings. The number of benzene rings is 3. The molecule has 35 heavy (non-hydrogen) atoms. The molecule has 0 unspecified atom stereocenters. The highest BCUT2D eigenvalue weighted by atomic mass is 35.5. The van der Waals surface area contributed by atoms with Crippen LogP contribution in [0, 0.1) is 0 Å². The first kappa shape index (κ1) is 26.4. The molecule has 0 spiro atoms.